The molecule has 0 aliphatic carbocycles. The Hall–Kier alpha value is -3.18. The van der Waals surface area contributed by atoms with Gasteiger partial charge in [0.15, 0.2) is 0 Å². The van der Waals surface area contributed by atoms with Gasteiger partial charge in [0.1, 0.15) is 13.2 Å². The van der Waals surface area contributed by atoms with Crippen molar-refractivity contribution in [3.05, 3.63) is 0 Å². The molecular weight excluding hydrogens is 268 g/mol. The van der Waals surface area contributed by atoms with Crippen molar-refractivity contribution in [1.29, 1.82) is 0 Å². The van der Waals surface area contributed by atoms with Crippen molar-refractivity contribution >= 4 is 23.8 Å². The first-order valence-corrected chi connectivity index (χ1v) is 5.32. The minimum atomic E-state index is -0.0357. The van der Waals surface area contributed by atoms with Crippen LogP contribution in [0.15, 0.2) is 0 Å². The topological polar surface area (TPSA) is 200 Å². The van der Waals surface area contributed by atoms with Crippen molar-refractivity contribution < 1.29 is 9.47 Å². The van der Waals surface area contributed by atoms with E-state index in [4.69, 9.17) is 32.4 Å². The molecule has 0 atom stereocenters. The number of rotatable bonds is 5. The molecule has 0 aliphatic heterocycles. The molecule has 8 N–H and O–H groups in total. The molecule has 2 aromatic heterocycles. The maximum Gasteiger partial charge on any atom is 0.323 e. The largest absolute Gasteiger partial charge is 0.460 e. The lowest BCUT2D eigenvalue weighted by Crippen LogP contribution is -2.14. The SMILES string of the molecule is Nc1nc(N)nc(OCCOc2nc(N)nc(N)n2)n1. The van der Waals surface area contributed by atoms with Gasteiger partial charge in [-0.25, -0.2) is 0 Å². The van der Waals surface area contributed by atoms with Crippen LogP contribution in [-0.4, -0.2) is 43.1 Å². The highest BCUT2D eigenvalue weighted by Gasteiger charge is 2.05. The zero-order valence-corrected chi connectivity index (χ0v) is 10.2. The molecule has 0 bridgehead atoms. The van der Waals surface area contributed by atoms with E-state index >= 15 is 0 Å². The molecule has 0 fully saturated rings. The lowest BCUT2D eigenvalue weighted by molar-refractivity contribution is 0.196. The molecular formula is C8H12N10O2. The summed E-state index contributed by atoms with van der Waals surface area (Å²) in [5.41, 5.74) is 21.5. The molecule has 0 aromatic carbocycles. The second-order valence-corrected chi connectivity index (χ2v) is 3.37. The van der Waals surface area contributed by atoms with Crippen molar-refractivity contribution in [1.82, 2.24) is 29.9 Å². The number of hydrogen-bond acceptors (Lipinski definition) is 12. The summed E-state index contributed by atoms with van der Waals surface area (Å²) in [6, 6.07) is -0.0125. The normalized spacial score (nSPS) is 10.2. The number of nitrogens with two attached hydrogens (primary N) is 4. The van der Waals surface area contributed by atoms with Gasteiger partial charge in [-0.2, -0.15) is 29.9 Å². The monoisotopic (exact) mass is 280 g/mol. The van der Waals surface area contributed by atoms with Gasteiger partial charge in [0.05, 0.1) is 0 Å². The molecule has 2 aromatic rings. The Morgan fingerprint density at radius 1 is 0.550 bits per heavy atom. The van der Waals surface area contributed by atoms with Crippen LogP contribution < -0.4 is 32.4 Å². The van der Waals surface area contributed by atoms with Crippen molar-refractivity contribution in [3.8, 4) is 12.0 Å². The Morgan fingerprint density at radius 2 is 0.850 bits per heavy atom. The van der Waals surface area contributed by atoms with Gasteiger partial charge < -0.3 is 32.4 Å². The number of nitrogen functional groups attached to an aromatic ring is 4. The van der Waals surface area contributed by atoms with E-state index in [1.807, 2.05) is 0 Å². The summed E-state index contributed by atoms with van der Waals surface area (Å²) >= 11 is 0. The number of hydrogen-bond donors (Lipinski definition) is 4. The molecule has 0 unspecified atom stereocenters. The summed E-state index contributed by atoms with van der Waals surface area (Å²) in [4.78, 5) is 22.1. The van der Waals surface area contributed by atoms with Gasteiger partial charge in [0, 0.05) is 0 Å². The van der Waals surface area contributed by atoms with Crippen molar-refractivity contribution in [3.63, 3.8) is 0 Å². The van der Waals surface area contributed by atoms with E-state index in [1.165, 1.54) is 0 Å². The molecule has 12 nitrogen and oxygen atoms in total. The lowest BCUT2D eigenvalue weighted by atomic mass is 10.7. The van der Waals surface area contributed by atoms with Gasteiger partial charge in [-0.3, -0.25) is 0 Å². The van der Waals surface area contributed by atoms with E-state index in [0.29, 0.717) is 0 Å². The Bertz CT molecular complexity index is 512. The number of nitrogens with zero attached hydrogens (tertiary/aromatic N) is 6. The van der Waals surface area contributed by atoms with Gasteiger partial charge in [-0.1, -0.05) is 0 Å². The van der Waals surface area contributed by atoms with Crippen LogP contribution in [0.5, 0.6) is 12.0 Å². The van der Waals surface area contributed by atoms with E-state index in [-0.39, 0.29) is 49.0 Å². The van der Waals surface area contributed by atoms with Gasteiger partial charge in [-0.15, -0.1) is 0 Å². The molecule has 0 aliphatic rings. The standard InChI is InChI=1S/C8H12N10O2/c9-3-13-4(10)16-7(15-3)19-1-2-20-8-17-5(11)14-6(12)18-8/h1-2H2,(H4,9,10,13,15,16)(H4,11,12,14,17,18). The fourth-order valence-electron chi connectivity index (χ4n) is 1.17. The highest BCUT2D eigenvalue weighted by atomic mass is 16.5. The van der Waals surface area contributed by atoms with Gasteiger partial charge in [0.25, 0.3) is 0 Å². The van der Waals surface area contributed by atoms with E-state index < -0.39 is 0 Å². The molecule has 0 spiro atoms. The first-order valence-electron chi connectivity index (χ1n) is 5.32. The molecule has 20 heavy (non-hydrogen) atoms. The third kappa shape index (κ3) is 3.66. The maximum atomic E-state index is 5.38. The van der Waals surface area contributed by atoms with Crippen LogP contribution in [0.3, 0.4) is 0 Å². The summed E-state index contributed by atoms with van der Waals surface area (Å²) in [6.45, 7) is 0.211. The van der Waals surface area contributed by atoms with Crippen LogP contribution in [0.1, 0.15) is 0 Å². The minimum Gasteiger partial charge on any atom is -0.460 e. The van der Waals surface area contributed by atoms with Crippen LogP contribution >= 0.6 is 0 Å². The second-order valence-electron chi connectivity index (χ2n) is 3.37. The molecule has 2 heterocycles. The fourth-order valence-corrected chi connectivity index (χ4v) is 1.17. The van der Waals surface area contributed by atoms with E-state index in [2.05, 4.69) is 29.9 Å². The quantitative estimate of drug-likeness (QED) is 0.433. The average molecular weight is 280 g/mol. The Morgan fingerprint density at radius 3 is 1.15 bits per heavy atom. The highest BCUT2D eigenvalue weighted by molar-refractivity contribution is 5.28. The molecule has 12 heteroatoms. The molecule has 0 saturated heterocycles. The Balaban J connectivity index is 1.84. The van der Waals surface area contributed by atoms with Crippen LogP contribution in [0, 0.1) is 0 Å². The van der Waals surface area contributed by atoms with Gasteiger partial charge in [-0.05, 0) is 0 Å². The smallest absolute Gasteiger partial charge is 0.323 e. The molecule has 2 rings (SSSR count). The van der Waals surface area contributed by atoms with Crippen LogP contribution in [-0.2, 0) is 0 Å². The first kappa shape index (κ1) is 13.3. The third-order valence-corrected chi connectivity index (χ3v) is 1.84. The summed E-state index contributed by atoms with van der Waals surface area (Å²) in [5, 5.41) is 0. The average Bonchev–Trinajstić information content (AvgIpc) is 2.32. The number of ether oxygens (including phenoxy) is 2. The Labute approximate surface area is 112 Å². The lowest BCUT2D eigenvalue weighted by Gasteiger charge is -2.06. The van der Waals surface area contributed by atoms with E-state index in [1.54, 1.807) is 0 Å². The molecule has 0 amide bonds. The molecule has 106 valence electrons. The summed E-state index contributed by atoms with van der Waals surface area (Å²) < 4.78 is 10.3. The summed E-state index contributed by atoms with van der Waals surface area (Å²) in [6.07, 6.45) is 0. The summed E-state index contributed by atoms with van der Waals surface area (Å²) in [5.74, 6) is -0.143. The third-order valence-electron chi connectivity index (χ3n) is 1.84. The molecule has 0 saturated carbocycles. The van der Waals surface area contributed by atoms with Crippen LogP contribution in [0.4, 0.5) is 23.8 Å². The minimum absolute atomic E-state index is 0.00623. The second kappa shape index (κ2) is 5.64. The highest BCUT2D eigenvalue weighted by Crippen LogP contribution is 2.07. The zero-order valence-electron chi connectivity index (χ0n) is 10.2. The fraction of sp³-hybridized carbons (Fsp3) is 0.250. The Kier molecular flexibility index (Phi) is 3.74. The van der Waals surface area contributed by atoms with Crippen LogP contribution in [0.2, 0.25) is 0 Å². The zero-order chi connectivity index (χ0) is 14.5. The first-order chi connectivity index (χ1) is 9.52. The van der Waals surface area contributed by atoms with Crippen molar-refractivity contribution in [2.75, 3.05) is 36.1 Å². The van der Waals surface area contributed by atoms with Crippen molar-refractivity contribution in [2.24, 2.45) is 0 Å². The maximum absolute atomic E-state index is 5.38. The van der Waals surface area contributed by atoms with Gasteiger partial charge in [0.2, 0.25) is 23.8 Å². The van der Waals surface area contributed by atoms with E-state index in [9.17, 15) is 0 Å². The number of aromatic nitrogens is 6. The predicted molar refractivity (Wildman–Crippen MR) is 68.3 cm³/mol. The van der Waals surface area contributed by atoms with Gasteiger partial charge >= 0.3 is 12.0 Å². The van der Waals surface area contributed by atoms with E-state index in [0.717, 1.165) is 0 Å². The van der Waals surface area contributed by atoms with Crippen LogP contribution in [0.25, 0.3) is 0 Å². The van der Waals surface area contributed by atoms with Crippen molar-refractivity contribution in [2.45, 2.75) is 0 Å². The summed E-state index contributed by atoms with van der Waals surface area (Å²) in [7, 11) is 0. The number of anilines is 4. The molecule has 0 radical (unpaired) electrons. The predicted octanol–water partition coefficient (Wildman–Crippen LogP) is -2.16.